The number of fused-ring (bicyclic) bond motifs is 1. The molecule has 3 aromatic rings. The summed E-state index contributed by atoms with van der Waals surface area (Å²) < 4.78 is 0. The topological polar surface area (TPSA) is 111 Å². The van der Waals surface area contributed by atoms with Gasteiger partial charge in [-0.15, -0.1) is 0 Å². The van der Waals surface area contributed by atoms with Gasteiger partial charge < -0.3 is 5.32 Å². The number of carbonyl (C=O) groups excluding carboxylic acids is 1. The molecule has 8 heteroatoms. The van der Waals surface area contributed by atoms with Crippen molar-refractivity contribution in [1.82, 2.24) is 15.0 Å². The predicted molar refractivity (Wildman–Crippen MR) is 90.4 cm³/mol. The number of nitro groups is 1. The minimum atomic E-state index is -0.490. The number of nitrogens with one attached hydrogen (secondary N) is 1. The van der Waals surface area contributed by atoms with Crippen LogP contribution in [-0.4, -0.2) is 25.8 Å². The summed E-state index contributed by atoms with van der Waals surface area (Å²) in [5, 5.41) is 14.2. The summed E-state index contributed by atoms with van der Waals surface area (Å²) in [5.41, 5.74) is 0.922. The van der Waals surface area contributed by atoms with E-state index in [0.29, 0.717) is 17.0 Å². The van der Waals surface area contributed by atoms with E-state index in [0.717, 1.165) is 18.7 Å². The van der Waals surface area contributed by atoms with Crippen LogP contribution in [0.1, 0.15) is 34.9 Å². The van der Waals surface area contributed by atoms with Gasteiger partial charge in [0.1, 0.15) is 5.82 Å². The van der Waals surface area contributed by atoms with Crippen molar-refractivity contribution in [2.45, 2.75) is 18.8 Å². The Bertz CT molecular complexity index is 983. The number of nitrogens with zero attached hydrogens (tertiary/aromatic N) is 4. The summed E-state index contributed by atoms with van der Waals surface area (Å²) in [6.07, 6.45) is 6.84. The van der Waals surface area contributed by atoms with Crippen LogP contribution in [0.2, 0.25) is 0 Å². The van der Waals surface area contributed by atoms with E-state index < -0.39 is 10.8 Å². The van der Waals surface area contributed by atoms with E-state index in [2.05, 4.69) is 20.3 Å². The Morgan fingerprint density at radius 2 is 1.92 bits per heavy atom. The summed E-state index contributed by atoms with van der Waals surface area (Å²) in [6.45, 7) is 0. The molecular weight excluding hydrogens is 322 g/mol. The van der Waals surface area contributed by atoms with Crippen LogP contribution in [0.4, 0.5) is 11.4 Å². The Kier molecular flexibility index (Phi) is 3.57. The number of rotatable bonds is 4. The first kappa shape index (κ1) is 15.1. The monoisotopic (exact) mass is 335 g/mol. The van der Waals surface area contributed by atoms with Gasteiger partial charge in [0.25, 0.3) is 11.6 Å². The third-order valence-electron chi connectivity index (χ3n) is 4.06. The summed E-state index contributed by atoms with van der Waals surface area (Å²) in [6, 6.07) is 5.89. The van der Waals surface area contributed by atoms with Gasteiger partial charge in [-0.1, -0.05) is 0 Å². The van der Waals surface area contributed by atoms with Gasteiger partial charge in [0, 0.05) is 18.2 Å². The zero-order valence-electron chi connectivity index (χ0n) is 13.0. The van der Waals surface area contributed by atoms with Gasteiger partial charge in [-0.2, -0.15) is 0 Å². The summed E-state index contributed by atoms with van der Waals surface area (Å²) in [7, 11) is 0. The molecule has 2 heterocycles. The molecule has 0 spiro atoms. The predicted octanol–water partition coefficient (Wildman–Crippen LogP) is 3.06. The number of pyridine rings is 1. The smallest absolute Gasteiger partial charge is 0.278 e. The molecule has 0 bridgehead atoms. The molecule has 1 fully saturated rings. The third-order valence-corrected chi connectivity index (χ3v) is 4.06. The molecule has 1 N–H and O–H groups in total. The summed E-state index contributed by atoms with van der Waals surface area (Å²) in [5.74, 6) is 0.814. The second-order valence-corrected chi connectivity index (χ2v) is 5.85. The van der Waals surface area contributed by atoms with Crippen molar-refractivity contribution in [3.05, 3.63) is 64.4 Å². The second-order valence-electron chi connectivity index (χ2n) is 5.85. The molecule has 1 aromatic carbocycles. The minimum Gasteiger partial charge on any atom is -0.319 e. The molecule has 1 amide bonds. The van der Waals surface area contributed by atoms with Crippen molar-refractivity contribution in [3.8, 4) is 0 Å². The fraction of sp³-hybridized carbons (Fsp3) is 0.176. The highest BCUT2D eigenvalue weighted by Gasteiger charge is 2.26. The lowest BCUT2D eigenvalue weighted by atomic mass is 10.1. The van der Waals surface area contributed by atoms with Crippen LogP contribution in [0.15, 0.2) is 42.9 Å². The molecule has 0 atom stereocenters. The highest BCUT2D eigenvalue weighted by atomic mass is 16.6. The maximum absolute atomic E-state index is 12.6. The first-order valence-corrected chi connectivity index (χ1v) is 7.79. The van der Waals surface area contributed by atoms with Crippen molar-refractivity contribution in [2.24, 2.45) is 0 Å². The Morgan fingerprint density at radius 3 is 2.60 bits per heavy atom. The Hall–Kier alpha value is -3.42. The number of hydrogen-bond donors (Lipinski definition) is 1. The van der Waals surface area contributed by atoms with Gasteiger partial charge in [0.15, 0.2) is 0 Å². The van der Waals surface area contributed by atoms with Crippen LogP contribution in [0, 0.1) is 10.1 Å². The van der Waals surface area contributed by atoms with E-state index in [4.69, 9.17) is 0 Å². The fourth-order valence-electron chi connectivity index (χ4n) is 2.65. The summed E-state index contributed by atoms with van der Waals surface area (Å²) >= 11 is 0. The highest BCUT2D eigenvalue weighted by molar-refractivity contribution is 6.13. The molecule has 8 nitrogen and oxygen atoms in total. The van der Waals surface area contributed by atoms with E-state index in [1.807, 2.05) is 0 Å². The van der Waals surface area contributed by atoms with Crippen molar-refractivity contribution >= 4 is 28.2 Å². The number of amides is 1. The highest BCUT2D eigenvalue weighted by Crippen LogP contribution is 2.37. The molecule has 0 unspecified atom stereocenters. The van der Waals surface area contributed by atoms with E-state index in [1.54, 1.807) is 24.5 Å². The lowest BCUT2D eigenvalue weighted by molar-refractivity contribution is -0.383. The lowest BCUT2D eigenvalue weighted by Crippen LogP contribution is -2.14. The van der Waals surface area contributed by atoms with Gasteiger partial charge >= 0.3 is 0 Å². The number of nitro benzene ring substituents is 1. The minimum absolute atomic E-state index is 0.0863. The fourth-order valence-corrected chi connectivity index (χ4v) is 2.65. The Morgan fingerprint density at radius 1 is 1.16 bits per heavy atom. The van der Waals surface area contributed by atoms with Crippen molar-refractivity contribution in [3.63, 3.8) is 0 Å². The zero-order chi connectivity index (χ0) is 17.4. The van der Waals surface area contributed by atoms with E-state index in [9.17, 15) is 14.9 Å². The first-order chi connectivity index (χ1) is 12.1. The Labute approximate surface area is 142 Å². The molecule has 0 radical (unpaired) electrons. The van der Waals surface area contributed by atoms with Gasteiger partial charge in [-0.25, -0.2) is 9.97 Å². The number of anilines is 1. The van der Waals surface area contributed by atoms with E-state index in [1.165, 1.54) is 18.3 Å². The van der Waals surface area contributed by atoms with Crippen LogP contribution in [0.5, 0.6) is 0 Å². The standard InChI is InChI=1S/C17H13N5O3/c23-17(21-11-8-19-16(20-9-11)10-3-4-10)13-5-6-14(22(24)25)12-2-1-7-18-15(12)13/h1-2,5-10H,3-4H2,(H,21,23). The molecule has 4 rings (SSSR count). The SMILES string of the molecule is O=C(Nc1cnc(C2CC2)nc1)c1ccc([N+](=O)[O-])c2cccnc12. The maximum atomic E-state index is 12.6. The van der Waals surface area contributed by atoms with Gasteiger partial charge in [-0.05, 0) is 31.0 Å². The number of benzene rings is 1. The van der Waals surface area contributed by atoms with Crippen molar-refractivity contribution in [2.75, 3.05) is 5.32 Å². The molecule has 0 saturated heterocycles. The molecule has 1 saturated carbocycles. The normalized spacial score (nSPS) is 13.6. The molecule has 1 aliphatic carbocycles. The van der Waals surface area contributed by atoms with E-state index >= 15 is 0 Å². The second kappa shape index (κ2) is 5.90. The maximum Gasteiger partial charge on any atom is 0.278 e. The van der Waals surface area contributed by atoms with Crippen LogP contribution in [-0.2, 0) is 0 Å². The van der Waals surface area contributed by atoms with Gasteiger partial charge in [0.05, 0.1) is 39.5 Å². The van der Waals surface area contributed by atoms with Gasteiger partial charge in [-0.3, -0.25) is 19.9 Å². The van der Waals surface area contributed by atoms with Crippen LogP contribution in [0.3, 0.4) is 0 Å². The van der Waals surface area contributed by atoms with Crippen LogP contribution in [0.25, 0.3) is 10.9 Å². The third kappa shape index (κ3) is 2.89. The average Bonchev–Trinajstić information content (AvgIpc) is 3.46. The van der Waals surface area contributed by atoms with Crippen LogP contribution >= 0.6 is 0 Å². The first-order valence-electron chi connectivity index (χ1n) is 7.79. The number of carbonyl (C=O) groups is 1. The average molecular weight is 335 g/mol. The number of hydrogen-bond acceptors (Lipinski definition) is 6. The quantitative estimate of drug-likeness (QED) is 0.579. The molecule has 25 heavy (non-hydrogen) atoms. The lowest BCUT2D eigenvalue weighted by Gasteiger charge is -2.08. The van der Waals surface area contributed by atoms with Crippen molar-refractivity contribution < 1.29 is 9.72 Å². The van der Waals surface area contributed by atoms with Crippen molar-refractivity contribution in [1.29, 1.82) is 0 Å². The van der Waals surface area contributed by atoms with Gasteiger partial charge in [0.2, 0.25) is 0 Å². The zero-order valence-corrected chi connectivity index (χ0v) is 13.0. The molecule has 124 valence electrons. The molecule has 1 aliphatic rings. The number of aromatic nitrogens is 3. The van der Waals surface area contributed by atoms with E-state index in [-0.39, 0.29) is 16.8 Å². The number of non-ortho nitro benzene ring substituents is 1. The largest absolute Gasteiger partial charge is 0.319 e. The Balaban J connectivity index is 1.65. The molecular formula is C17H13N5O3. The molecule has 0 aliphatic heterocycles. The van der Waals surface area contributed by atoms with Crippen LogP contribution < -0.4 is 5.32 Å². The molecule has 2 aromatic heterocycles. The summed E-state index contributed by atoms with van der Waals surface area (Å²) in [4.78, 5) is 35.9.